The minimum Gasteiger partial charge on any atom is -0.335 e. The van der Waals surface area contributed by atoms with Crippen molar-refractivity contribution in [3.63, 3.8) is 0 Å². The van der Waals surface area contributed by atoms with Crippen LogP contribution in [0.15, 0.2) is 24.3 Å². The standard InChI is InChI=1S/C22H31N3O2/c1-15-8-6-7-11-19(15)21-20-14-24(12-17(20)13-25(21)16(2)26)22(27)23-18-9-4-3-5-10-18/h6-8,11,17-18,20-21H,3-5,9-10,12-14H2,1-2H3,(H,23,27)/t17-,20-,21-/m1/s1. The lowest BCUT2D eigenvalue weighted by molar-refractivity contribution is -0.130. The summed E-state index contributed by atoms with van der Waals surface area (Å²) in [7, 11) is 0. The van der Waals surface area contributed by atoms with Crippen molar-refractivity contribution < 1.29 is 9.59 Å². The summed E-state index contributed by atoms with van der Waals surface area (Å²) >= 11 is 0. The van der Waals surface area contributed by atoms with E-state index in [4.69, 9.17) is 0 Å². The van der Waals surface area contributed by atoms with E-state index in [1.807, 2.05) is 15.9 Å². The molecule has 3 fully saturated rings. The Morgan fingerprint density at radius 2 is 1.78 bits per heavy atom. The maximum atomic E-state index is 12.8. The van der Waals surface area contributed by atoms with Crippen LogP contribution in [0.1, 0.15) is 56.2 Å². The Balaban J connectivity index is 1.49. The topological polar surface area (TPSA) is 52.7 Å². The van der Waals surface area contributed by atoms with Crippen LogP contribution in [0.2, 0.25) is 0 Å². The molecule has 2 aliphatic heterocycles. The number of fused-ring (bicyclic) bond motifs is 1. The molecule has 146 valence electrons. The number of benzene rings is 1. The van der Waals surface area contributed by atoms with Crippen molar-refractivity contribution >= 4 is 11.9 Å². The average molecular weight is 370 g/mol. The Hall–Kier alpha value is -2.04. The molecule has 3 amide bonds. The maximum absolute atomic E-state index is 12.8. The second-order valence-electron chi connectivity index (χ2n) is 8.59. The zero-order valence-electron chi connectivity index (χ0n) is 16.5. The quantitative estimate of drug-likeness (QED) is 0.868. The Labute approximate surface area is 162 Å². The molecule has 1 saturated carbocycles. The molecule has 3 atom stereocenters. The van der Waals surface area contributed by atoms with Crippen molar-refractivity contribution in [2.75, 3.05) is 19.6 Å². The number of carbonyl (C=O) groups is 2. The number of likely N-dealkylation sites (tertiary alicyclic amines) is 2. The zero-order chi connectivity index (χ0) is 19.0. The first-order valence-electron chi connectivity index (χ1n) is 10.4. The molecule has 1 N–H and O–H groups in total. The molecule has 0 unspecified atom stereocenters. The smallest absolute Gasteiger partial charge is 0.317 e. The second-order valence-corrected chi connectivity index (χ2v) is 8.59. The number of amides is 3. The number of urea groups is 1. The summed E-state index contributed by atoms with van der Waals surface area (Å²) in [5.41, 5.74) is 2.45. The normalized spacial score (nSPS) is 28.3. The van der Waals surface area contributed by atoms with Crippen molar-refractivity contribution in [3.8, 4) is 0 Å². The van der Waals surface area contributed by atoms with Gasteiger partial charge in [-0.2, -0.15) is 0 Å². The van der Waals surface area contributed by atoms with Crippen LogP contribution in [0.5, 0.6) is 0 Å². The SMILES string of the molecule is CC(=O)N1C[C@H]2CN(C(=O)NC3CCCCC3)C[C@H]2[C@H]1c1ccccc1C. The molecular weight excluding hydrogens is 338 g/mol. The highest BCUT2D eigenvalue weighted by Crippen LogP contribution is 2.45. The van der Waals surface area contributed by atoms with Gasteiger partial charge in [0.15, 0.2) is 0 Å². The summed E-state index contributed by atoms with van der Waals surface area (Å²) < 4.78 is 0. The molecule has 1 aromatic rings. The highest BCUT2D eigenvalue weighted by atomic mass is 16.2. The van der Waals surface area contributed by atoms with E-state index in [1.54, 1.807) is 6.92 Å². The first-order valence-corrected chi connectivity index (χ1v) is 10.4. The lowest BCUT2D eigenvalue weighted by Crippen LogP contribution is -2.46. The molecule has 27 heavy (non-hydrogen) atoms. The van der Waals surface area contributed by atoms with E-state index in [1.165, 1.54) is 30.4 Å². The summed E-state index contributed by atoms with van der Waals surface area (Å²) in [6, 6.07) is 8.87. The average Bonchev–Trinajstić information content (AvgIpc) is 3.21. The van der Waals surface area contributed by atoms with Gasteiger partial charge in [-0.05, 0) is 30.9 Å². The zero-order valence-corrected chi connectivity index (χ0v) is 16.5. The fourth-order valence-electron chi connectivity index (χ4n) is 5.36. The summed E-state index contributed by atoms with van der Waals surface area (Å²) in [5, 5.41) is 3.26. The van der Waals surface area contributed by atoms with Gasteiger partial charge in [0, 0.05) is 44.4 Å². The van der Waals surface area contributed by atoms with Gasteiger partial charge in [0.25, 0.3) is 0 Å². The number of aryl methyl sites for hydroxylation is 1. The second kappa shape index (κ2) is 7.53. The molecule has 0 radical (unpaired) electrons. The van der Waals surface area contributed by atoms with E-state index < -0.39 is 0 Å². The summed E-state index contributed by atoms with van der Waals surface area (Å²) in [4.78, 5) is 29.1. The van der Waals surface area contributed by atoms with Crippen molar-refractivity contribution in [1.29, 1.82) is 0 Å². The van der Waals surface area contributed by atoms with Gasteiger partial charge in [-0.3, -0.25) is 4.79 Å². The Morgan fingerprint density at radius 1 is 1.04 bits per heavy atom. The van der Waals surface area contributed by atoms with Crippen molar-refractivity contribution in [1.82, 2.24) is 15.1 Å². The van der Waals surface area contributed by atoms with E-state index in [9.17, 15) is 9.59 Å². The molecule has 2 heterocycles. The first-order chi connectivity index (χ1) is 13.0. The van der Waals surface area contributed by atoms with E-state index in [0.29, 0.717) is 17.9 Å². The van der Waals surface area contributed by atoms with Gasteiger partial charge in [-0.15, -0.1) is 0 Å². The van der Waals surface area contributed by atoms with Crippen LogP contribution in [0, 0.1) is 18.8 Å². The first kappa shape index (κ1) is 18.3. The highest BCUT2D eigenvalue weighted by Gasteiger charge is 2.49. The third kappa shape index (κ3) is 3.56. The molecule has 1 aromatic carbocycles. The van der Waals surface area contributed by atoms with E-state index in [-0.39, 0.29) is 18.0 Å². The third-order valence-electron chi connectivity index (χ3n) is 6.80. The minimum absolute atomic E-state index is 0.0844. The monoisotopic (exact) mass is 369 g/mol. The van der Waals surface area contributed by atoms with Gasteiger partial charge in [0.05, 0.1) is 6.04 Å². The number of hydrogen-bond acceptors (Lipinski definition) is 2. The predicted octanol–water partition coefficient (Wildman–Crippen LogP) is 3.49. The number of nitrogens with one attached hydrogen (secondary N) is 1. The van der Waals surface area contributed by atoms with Crippen LogP contribution in [-0.2, 0) is 4.79 Å². The third-order valence-corrected chi connectivity index (χ3v) is 6.80. The number of rotatable bonds is 2. The molecule has 4 rings (SSSR count). The summed E-state index contributed by atoms with van der Waals surface area (Å²) in [6.45, 7) is 6.04. The molecule has 3 aliphatic rings. The summed E-state index contributed by atoms with van der Waals surface area (Å²) in [5.74, 6) is 0.832. The number of nitrogens with zero attached hydrogens (tertiary/aromatic N) is 2. The minimum atomic E-state index is 0.0844. The Kier molecular flexibility index (Phi) is 5.11. The van der Waals surface area contributed by atoms with E-state index in [0.717, 1.165) is 32.5 Å². The molecule has 1 aliphatic carbocycles. The maximum Gasteiger partial charge on any atom is 0.317 e. The Morgan fingerprint density at radius 3 is 2.48 bits per heavy atom. The van der Waals surface area contributed by atoms with Crippen molar-refractivity contribution in [2.45, 2.75) is 58.0 Å². The van der Waals surface area contributed by atoms with Crippen molar-refractivity contribution in [2.24, 2.45) is 11.8 Å². The van der Waals surface area contributed by atoms with E-state index >= 15 is 0 Å². The summed E-state index contributed by atoms with van der Waals surface area (Å²) in [6.07, 6.45) is 5.95. The van der Waals surface area contributed by atoms with Gasteiger partial charge < -0.3 is 15.1 Å². The fraction of sp³-hybridized carbons (Fsp3) is 0.636. The molecule has 5 nitrogen and oxygen atoms in total. The van der Waals surface area contributed by atoms with Gasteiger partial charge in [-0.25, -0.2) is 4.79 Å². The molecule has 2 saturated heterocycles. The number of hydrogen-bond donors (Lipinski definition) is 1. The predicted molar refractivity (Wildman–Crippen MR) is 105 cm³/mol. The van der Waals surface area contributed by atoms with Crippen molar-refractivity contribution in [3.05, 3.63) is 35.4 Å². The van der Waals surface area contributed by atoms with Crippen LogP contribution < -0.4 is 5.32 Å². The molecule has 0 aromatic heterocycles. The van der Waals surface area contributed by atoms with Crippen LogP contribution >= 0.6 is 0 Å². The van der Waals surface area contributed by atoms with Gasteiger partial charge in [0.2, 0.25) is 5.91 Å². The molecule has 5 heteroatoms. The lowest BCUT2D eigenvalue weighted by Gasteiger charge is -2.31. The lowest BCUT2D eigenvalue weighted by atomic mass is 9.87. The highest BCUT2D eigenvalue weighted by molar-refractivity contribution is 5.76. The Bertz CT molecular complexity index is 713. The molecule has 0 spiro atoms. The van der Waals surface area contributed by atoms with Gasteiger partial charge >= 0.3 is 6.03 Å². The fourth-order valence-corrected chi connectivity index (χ4v) is 5.36. The van der Waals surface area contributed by atoms with Crippen LogP contribution in [0.3, 0.4) is 0 Å². The van der Waals surface area contributed by atoms with Crippen LogP contribution in [-0.4, -0.2) is 47.4 Å². The van der Waals surface area contributed by atoms with Crippen LogP contribution in [0.4, 0.5) is 4.79 Å². The van der Waals surface area contributed by atoms with E-state index in [2.05, 4.69) is 30.4 Å². The molecule has 0 bridgehead atoms. The van der Waals surface area contributed by atoms with Crippen LogP contribution in [0.25, 0.3) is 0 Å². The van der Waals surface area contributed by atoms with Gasteiger partial charge in [0.1, 0.15) is 0 Å². The molecular formula is C22H31N3O2. The number of carbonyl (C=O) groups excluding carboxylic acids is 2. The largest absolute Gasteiger partial charge is 0.335 e. The van der Waals surface area contributed by atoms with Gasteiger partial charge in [-0.1, -0.05) is 43.5 Å².